The van der Waals surface area contributed by atoms with Crippen molar-refractivity contribution < 1.29 is 4.79 Å². The number of primary amides is 1. The van der Waals surface area contributed by atoms with Crippen LogP contribution in [-0.4, -0.2) is 31.8 Å². The Kier molecular flexibility index (Phi) is 4.17. The highest BCUT2D eigenvalue weighted by Crippen LogP contribution is 2.32. The van der Waals surface area contributed by atoms with E-state index in [1.807, 2.05) is 23.6 Å². The quantitative estimate of drug-likeness (QED) is 0.471. The molecule has 0 aliphatic carbocycles. The molecule has 5 heterocycles. The van der Waals surface area contributed by atoms with Crippen LogP contribution in [0.4, 0.5) is 11.6 Å². The number of thiophene rings is 1. The molecule has 0 aromatic carbocycles. The first kappa shape index (κ1) is 17.6. The van der Waals surface area contributed by atoms with Crippen LogP contribution in [0.3, 0.4) is 0 Å². The van der Waals surface area contributed by atoms with Crippen LogP contribution in [0, 0.1) is 6.92 Å². The molecule has 0 radical (unpaired) electrons. The van der Waals surface area contributed by atoms with Crippen LogP contribution < -0.4 is 16.4 Å². The van der Waals surface area contributed by atoms with E-state index in [-0.39, 0.29) is 0 Å². The van der Waals surface area contributed by atoms with Gasteiger partial charge in [0.25, 0.3) is 5.91 Å². The monoisotopic (exact) mass is 405 g/mol. The topological polar surface area (TPSA) is 110 Å². The number of anilines is 2. The normalized spacial score (nSPS) is 12.7. The van der Waals surface area contributed by atoms with Crippen LogP contribution in [0.2, 0.25) is 0 Å². The molecule has 0 atom stereocenters. The Morgan fingerprint density at radius 2 is 2.21 bits per heavy atom. The summed E-state index contributed by atoms with van der Waals surface area (Å²) in [5.41, 5.74) is 8.98. The molecule has 1 aliphatic rings. The van der Waals surface area contributed by atoms with Gasteiger partial charge in [-0.1, -0.05) is 6.07 Å². The predicted molar refractivity (Wildman–Crippen MR) is 113 cm³/mol. The largest absolute Gasteiger partial charge is 0.369 e. The second kappa shape index (κ2) is 6.85. The third-order valence-electron chi connectivity index (χ3n) is 4.99. The Labute approximate surface area is 170 Å². The Morgan fingerprint density at radius 1 is 1.31 bits per heavy atom. The molecule has 8 nitrogen and oxygen atoms in total. The third-order valence-corrected chi connectivity index (χ3v) is 5.86. The zero-order chi connectivity index (χ0) is 20.0. The summed E-state index contributed by atoms with van der Waals surface area (Å²) in [6, 6.07) is 7.58. The van der Waals surface area contributed by atoms with Crippen LogP contribution in [-0.2, 0) is 13.0 Å². The van der Waals surface area contributed by atoms with Crippen molar-refractivity contribution in [3.05, 3.63) is 57.5 Å². The average molecular weight is 405 g/mol. The Bertz CT molecular complexity index is 1230. The fraction of sp³-hybridized carbons (Fsp3) is 0.200. The Hall–Kier alpha value is -3.46. The Morgan fingerprint density at radius 3 is 3.00 bits per heavy atom. The molecule has 0 spiro atoms. The van der Waals surface area contributed by atoms with Crippen LogP contribution >= 0.6 is 11.3 Å². The van der Waals surface area contributed by atoms with Gasteiger partial charge in [0, 0.05) is 23.2 Å². The Balaban J connectivity index is 1.63. The summed E-state index contributed by atoms with van der Waals surface area (Å²) in [6.07, 6.45) is 2.72. The summed E-state index contributed by atoms with van der Waals surface area (Å²) < 4.78 is 1.83. The second-order valence-electron chi connectivity index (χ2n) is 6.86. The van der Waals surface area contributed by atoms with Crippen molar-refractivity contribution in [3.8, 4) is 11.5 Å². The van der Waals surface area contributed by atoms with Crippen LogP contribution in [0.5, 0.6) is 0 Å². The number of nitrogens with one attached hydrogen (secondary N) is 2. The lowest BCUT2D eigenvalue weighted by Gasteiger charge is -2.12. The van der Waals surface area contributed by atoms with Crippen LogP contribution in [0.15, 0.2) is 35.8 Å². The van der Waals surface area contributed by atoms with Gasteiger partial charge in [-0.15, -0.1) is 11.3 Å². The molecule has 4 aromatic heterocycles. The molecule has 146 valence electrons. The maximum absolute atomic E-state index is 11.8. The third kappa shape index (κ3) is 2.99. The van der Waals surface area contributed by atoms with Gasteiger partial charge in [0.1, 0.15) is 23.0 Å². The number of aromatic nitrogens is 4. The van der Waals surface area contributed by atoms with Crippen molar-refractivity contribution in [1.29, 1.82) is 0 Å². The molecule has 0 fully saturated rings. The van der Waals surface area contributed by atoms with Gasteiger partial charge in [-0.2, -0.15) is 0 Å². The molecule has 5 rings (SSSR count). The number of pyridine rings is 1. The lowest BCUT2D eigenvalue weighted by Crippen LogP contribution is -2.12. The summed E-state index contributed by atoms with van der Waals surface area (Å²) in [7, 11) is 0. The molecular formula is C20H19N7OS. The molecule has 0 unspecified atom stereocenters. The van der Waals surface area contributed by atoms with E-state index in [2.05, 4.69) is 27.1 Å². The fourth-order valence-electron chi connectivity index (χ4n) is 3.65. The lowest BCUT2D eigenvalue weighted by atomic mass is 10.2. The molecule has 4 N–H and O–H groups in total. The van der Waals surface area contributed by atoms with E-state index < -0.39 is 5.91 Å². The number of fused-ring (bicyclic) bond motifs is 2. The van der Waals surface area contributed by atoms with E-state index in [0.29, 0.717) is 23.6 Å². The van der Waals surface area contributed by atoms with Gasteiger partial charge in [-0.25, -0.2) is 15.0 Å². The van der Waals surface area contributed by atoms with Crippen molar-refractivity contribution in [2.45, 2.75) is 19.9 Å². The molecule has 0 bridgehead atoms. The standard InChI is InChI=1S/C20H19N7OS/c1-11-15(27-8-2-5-13(16(21)28)20(27)24-11)19-25-17-14(6-7-22-17)18(26-19)23-10-12-4-3-9-29-12/h2-5,8-9H,6-7,10H2,1H3,(H2,21,28)(H2,22,23,25,26). The molecular weight excluding hydrogens is 386 g/mol. The minimum absolute atomic E-state index is 0.372. The summed E-state index contributed by atoms with van der Waals surface area (Å²) in [5.74, 6) is 1.70. The first-order valence-electron chi connectivity index (χ1n) is 9.30. The SMILES string of the molecule is Cc1nc2c(C(N)=O)cccn2c1-c1nc2c(c(NCc3cccs3)n1)CCN2. The number of hydrogen-bond donors (Lipinski definition) is 3. The predicted octanol–water partition coefficient (Wildman–Crippen LogP) is 2.84. The molecule has 1 aliphatic heterocycles. The highest BCUT2D eigenvalue weighted by molar-refractivity contribution is 7.09. The molecule has 1 amide bonds. The van der Waals surface area contributed by atoms with E-state index >= 15 is 0 Å². The van der Waals surface area contributed by atoms with Gasteiger partial charge in [-0.3, -0.25) is 9.20 Å². The number of nitrogens with two attached hydrogens (primary N) is 1. The van der Waals surface area contributed by atoms with Crippen molar-refractivity contribution in [2.24, 2.45) is 5.73 Å². The van der Waals surface area contributed by atoms with Gasteiger partial charge in [0.2, 0.25) is 0 Å². The van der Waals surface area contributed by atoms with E-state index in [1.165, 1.54) is 4.88 Å². The van der Waals surface area contributed by atoms with Crippen LogP contribution in [0.1, 0.15) is 26.5 Å². The molecule has 0 saturated heterocycles. The number of imidazole rings is 1. The van der Waals surface area contributed by atoms with Crippen molar-refractivity contribution in [1.82, 2.24) is 19.4 Å². The van der Waals surface area contributed by atoms with Gasteiger partial charge in [0.05, 0.1) is 17.8 Å². The molecule has 29 heavy (non-hydrogen) atoms. The number of amides is 1. The zero-order valence-electron chi connectivity index (χ0n) is 15.8. The second-order valence-corrected chi connectivity index (χ2v) is 7.89. The number of aryl methyl sites for hydroxylation is 1. The summed E-state index contributed by atoms with van der Waals surface area (Å²) in [5, 5.41) is 8.87. The van der Waals surface area contributed by atoms with Crippen LogP contribution in [0.25, 0.3) is 17.2 Å². The summed E-state index contributed by atoms with van der Waals surface area (Å²) in [4.78, 5) is 27.2. The zero-order valence-corrected chi connectivity index (χ0v) is 16.6. The lowest BCUT2D eigenvalue weighted by molar-refractivity contribution is 0.100. The average Bonchev–Trinajstić information content (AvgIpc) is 3.44. The first-order chi connectivity index (χ1) is 14.1. The maximum atomic E-state index is 11.8. The molecule has 0 saturated carbocycles. The molecule has 9 heteroatoms. The number of nitrogens with zero attached hydrogens (tertiary/aromatic N) is 4. The van der Waals surface area contributed by atoms with Gasteiger partial charge in [0.15, 0.2) is 5.82 Å². The molecule has 4 aromatic rings. The highest BCUT2D eigenvalue weighted by atomic mass is 32.1. The van der Waals surface area contributed by atoms with E-state index in [0.717, 1.165) is 41.6 Å². The van der Waals surface area contributed by atoms with E-state index in [4.69, 9.17) is 15.7 Å². The highest BCUT2D eigenvalue weighted by Gasteiger charge is 2.23. The summed E-state index contributed by atoms with van der Waals surface area (Å²) in [6.45, 7) is 3.42. The first-order valence-corrected chi connectivity index (χ1v) is 10.2. The van der Waals surface area contributed by atoms with Crippen molar-refractivity contribution in [3.63, 3.8) is 0 Å². The fourth-order valence-corrected chi connectivity index (χ4v) is 4.30. The number of carbonyl (C=O) groups is 1. The maximum Gasteiger partial charge on any atom is 0.252 e. The summed E-state index contributed by atoms with van der Waals surface area (Å²) >= 11 is 1.71. The number of rotatable bonds is 5. The minimum atomic E-state index is -0.512. The van der Waals surface area contributed by atoms with Gasteiger partial charge in [-0.05, 0) is 36.9 Å². The smallest absolute Gasteiger partial charge is 0.252 e. The van der Waals surface area contributed by atoms with Gasteiger partial charge < -0.3 is 16.4 Å². The van der Waals surface area contributed by atoms with E-state index in [1.54, 1.807) is 23.5 Å². The number of carbonyl (C=O) groups excluding carboxylic acids is 1. The minimum Gasteiger partial charge on any atom is -0.369 e. The van der Waals surface area contributed by atoms with Gasteiger partial charge >= 0.3 is 0 Å². The van der Waals surface area contributed by atoms with E-state index in [9.17, 15) is 4.79 Å². The van der Waals surface area contributed by atoms with Crippen molar-refractivity contribution >= 4 is 34.5 Å². The van der Waals surface area contributed by atoms with Crippen molar-refractivity contribution in [2.75, 3.05) is 17.2 Å². The number of hydrogen-bond acceptors (Lipinski definition) is 7.